The van der Waals surface area contributed by atoms with E-state index in [0.29, 0.717) is 12.6 Å². The summed E-state index contributed by atoms with van der Waals surface area (Å²) in [5.74, 6) is 0. The molecular weight excluding hydrogens is 214 g/mol. The number of hydrogen-bond donors (Lipinski definition) is 2. The zero-order valence-corrected chi connectivity index (χ0v) is 11.0. The van der Waals surface area contributed by atoms with Crippen molar-refractivity contribution in [1.82, 2.24) is 15.1 Å². The van der Waals surface area contributed by atoms with Crippen molar-refractivity contribution in [2.24, 2.45) is 0 Å². The van der Waals surface area contributed by atoms with Gasteiger partial charge in [-0.3, -0.25) is 4.68 Å². The third kappa shape index (κ3) is 5.33. The van der Waals surface area contributed by atoms with E-state index in [2.05, 4.69) is 36.5 Å². The van der Waals surface area contributed by atoms with E-state index in [1.807, 2.05) is 4.68 Å². The Morgan fingerprint density at radius 1 is 1.41 bits per heavy atom. The largest absolute Gasteiger partial charge is 0.396 e. The van der Waals surface area contributed by atoms with Crippen LogP contribution in [0.25, 0.3) is 0 Å². The molecule has 1 rings (SSSR count). The second-order valence-electron chi connectivity index (χ2n) is 4.51. The van der Waals surface area contributed by atoms with Crippen LogP contribution in [0.4, 0.5) is 0 Å². The highest BCUT2D eigenvalue weighted by Gasteiger charge is 2.03. The number of aliphatic hydroxyl groups is 1. The normalized spacial score (nSPS) is 12.9. The number of hydrogen-bond acceptors (Lipinski definition) is 3. The van der Waals surface area contributed by atoms with Gasteiger partial charge in [0.05, 0.1) is 5.69 Å². The van der Waals surface area contributed by atoms with Crippen LogP contribution in [-0.4, -0.2) is 28.0 Å². The highest BCUT2D eigenvalue weighted by atomic mass is 16.2. The summed E-state index contributed by atoms with van der Waals surface area (Å²) < 4.78 is 2.03. The Morgan fingerprint density at radius 3 is 2.94 bits per heavy atom. The predicted molar refractivity (Wildman–Crippen MR) is 69.9 cm³/mol. The molecule has 0 aliphatic heterocycles. The van der Waals surface area contributed by atoms with Gasteiger partial charge >= 0.3 is 0 Å². The van der Waals surface area contributed by atoms with E-state index >= 15 is 0 Å². The van der Waals surface area contributed by atoms with Crippen LogP contribution in [0.5, 0.6) is 0 Å². The van der Waals surface area contributed by atoms with E-state index in [0.717, 1.165) is 44.5 Å². The molecule has 0 bridgehead atoms. The van der Waals surface area contributed by atoms with E-state index in [-0.39, 0.29) is 0 Å². The van der Waals surface area contributed by atoms with Gasteiger partial charge in [0, 0.05) is 25.4 Å². The fraction of sp³-hybridized carbons (Fsp3) is 0.769. The van der Waals surface area contributed by atoms with Gasteiger partial charge in [0.15, 0.2) is 0 Å². The average molecular weight is 239 g/mol. The first-order valence-electron chi connectivity index (χ1n) is 6.63. The molecule has 0 fully saturated rings. The molecule has 0 aliphatic rings. The summed E-state index contributed by atoms with van der Waals surface area (Å²) in [4.78, 5) is 0. The van der Waals surface area contributed by atoms with Crippen LogP contribution >= 0.6 is 0 Å². The maximum atomic E-state index is 8.65. The molecular formula is C13H25N3O. The summed E-state index contributed by atoms with van der Waals surface area (Å²) in [7, 11) is 0. The third-order valence-electron chi connectivity index (χ3n) is 3.02. The summed E-state index contributed by atoms with van der Waals surface area (Å²) >= 11 is 0. The second-order valence-corrected chi connectivity index (χ2v) is 4.51. The Kier molecular flexibility index (Phi) is 6.89. The smallest absolute Gasteiger partial charge is 0.0762 e. The molecule has 0 saturated heterocycles. The lowest BCUT2D eigenvalue weighted by Crippen LogP contribution is -2.15. The molecule has 1 aromatic heterocycles. The molecule has 2 N–H and O–H groups in total. The van der Waals surface area contributed by atoms with Gasteiger partial charge in [0.1, 0.15) is 0 Å². The Bertz CT molecular complexity index is 299. The van der Waals surface area contributed by atoms with Crippen molar-refractivity contribution in [1.29, 1.82) is 0 Å². The van der Waals surface area contributed by atoms with E-state index in [4.69, 9.17) is 5.11 Å². The van der Waals surface area contributed by atoms with Crippen molar-refractivity contribution in [2.75, 3.05) is 13.2 Å². The van der Waals surface area contributed by atoms with Crippen molar-refractivity contribution in [3.63, 3.8) is 0 Å². The summed E-state index contributed by atoms with van der Waals surface area (Å²) in [6.45, 7) is 6.49. The Balaban J connectivity index is 2.16. The van der Waals surface area contributed by atoms with E-state index < -0.39 is 0 Å². The molecule has 0 amide bonds. The maximum absolute atomic E-state index is 8.65. The van der Waals surface area contributed by atoms with E-state index in [1.165, 1.54) is 0 Å². The molecule has 4 nitrogen and oxygen atoms in total. The van der Waals surface area contributed by atoms with Crippen LogP contribution in [0.1, 0.15) is 51.3 Å². The fourth-order valence-corrected chi connectivity index (χ4v) is 1.66. The highest BCUT2D eigenvalue weighted by Crippen LogP contribution is 2.08. The van der Waals surface area contributed by atoms with Crippen LogP contribution in [0.15, 0.2) is 12.3 Å². The van der Waals surface area contributed by atoms with E-state index in [9.17, 15) is 0 Å². The first kappa shape index (κ1) is 14.2. The predicted octanol–water partition coefficient (Wildman–Crippen LogP) is 2.11. The molecule has 1 atom stereocenters. The molecule has 17 heavy (non-hydrogen) atoms. The molecule has 1 unspecified atom stereocenters. The van der Waals surface area contributed by atoms with Crippen molar-refractivity contribution in [3.05, 3.63) is 18.0 Å². The maximum Gasteiger partial charge on any atom is 0.0762 e. The van der Waals surface area contributed by atoms with Gasteiger partial charge in [-0.2, -0.15) is 5.10 Å². The molecule has 4 heteroatoms. The summed E-state index contributed by atoms with van der Waals surface area (Å²) in [5, 5.41) is 16.5. The molecule has 0 radical (unpaired) electrons. The SMILES string of the molecule is CCC(C)n1ccc(CNCCCCCO)n1. The number of nitrogens with zero attached hydrogens (tertiary/aromatic N) is 2. The zero-order chi connectivity index (χ0) is 12.5. The lowest BCUT2D eigenvalue weighted by atomic mass is 10.2. The lowest BCUT2D eigenvalue weighted by Gasteiger charge is -2.08. The molecule has 0 aliphatic carbocycles. The monoisotopic (exact) mass is 239 g/mol. The van der Waals surface area contributed by atoms with Gasteiger partial charge in [-0.25, -0.2) is 0 Å². The van der Waals surface area contributed by atoms with Gasteiger partial charge in [-0.15, -0.1) is 0 Å². The number of unbranched alkanes of at least 4 members (excludes halogenated alkanes) is 2. The highest BCUT2D eigenvalue weighted by molar-refractivity contribution is 4.99. The number of rotatable bonds is 9. The average Bonchev–Trinajstić information content (AvgIpc) is 2.81. The summed E-state index contributed by atoms with van der Waals surface area (Å²) in [6, 6.07) is 2.56. The van der Waals surface area contributed by atoms with Crippen LogP contribution in [0.3, 0.4) is 0 Å². The minimum atomic E-state index is 0.305. The topological polar surface area (TPSA) is 50.1 Å². The van der Waals surface area contributed by atoms with Crippen molar-refractivity contribution in [2.45, 2.75) is 52.1 Å². The molecule has 0 aromatic carbocycles. The number of aliphatic hydroxyl groups excluding tert-OH is 1. The molecule has 1 heterocycles. The van der Waals surface area contributed by atoms with Crippen molar-refractivity contribution in [3.8, 4) is 0 Å². The van der Waals surface area contributed by atoms with Crippen LogP contribution < -0.4 is 5.32 Å². The Hall–Kier alpha value is -0.870. The molecule has 0 spiro atoms. The summed E-state index contributed by atoms with van der Waals surface area (Å²) in [6.07, 6.45) is 6.27. The van der Waals surface area contributed by atoms with Crippen LogP contribution in [-0.2, 0) is 6.54 Å². The first-order chi connectivity index (χ1) is 8.27. The quantitative estimate of drug-likeness (QED) is 0.649. The number of nitrogens with one attached hydrogen (secondary N) is 1. The Labute approximate surface area is 104 Å². The Morgan fingerprint density at radius 2 is 2.24 bits per heavy atom. The lowest BCUT2D eigenvalue weighted by molar-refractivity contribution is 0.283. The fourth-order valence-electron chi connectivity index (χ4n) is 1.66. The van der Waals surface area contributed by atoms with Gasteiger partial charge in [-0.05, 0) is 45.2 Å². The van der Waals surface area contributed by atoms with Gasteiger partial charge < -0.3 is 10.4 Å². The minimum absolute atomic E-state index is 0.305. The van der Waals surface area contributed by atoms with Crippen molar-refractivity contribution >= 4 is 0 Å². The molecule has 0 saturated carbocycles. The standard InChI is InChI=1S/C13H25N3O/c1-3-12(2)16-9-7-13(15-16)11-14-8-5-4-6-10-17/h7,9,12,14,17H,3-6,8,10-11H2,1-2H3. The minimum Gasteiger partial charge on any atom is -0.396 e. The van der Waals surface area contributed by atoms with Crippen LogP contribution in [0.2, 0.25) is 0 Å². The van der Waals surface area contributed by atoms with Crippen LogP contribution in [0, 0.1) is 0 Å². The molecule has 1 aromatic rings. The van der Waals surface area contributed by atoms with Gasteiger partial charge in [0.2, 0.25) is 0 Å². The van der Waals surface area contributed by atoms with Gasteiger partial charge in [-0.1, -0.05) is 6.92 Å². The third-order valence-corrected chi connectivity index (χ3v) is 3.02. The van der Waals surface area contributed by atoms with E-state index in [1.54, 1.807) is 0 Å². The van der Waals surface area contributed by atoms with Gasteiger partial charge in [0.25, 0.3) is 0 Å². The summed E-state index contributed by atoms with van der Waals surface area (Å²) in [5.41, 5.74) is 1.10. The number of aromatic nitrogens is 2. The zero-order valence-electron chi connectivity index (χ0n) is 11.0. The van der Waals surface area contributed by atoms with Crippen molar-refractivity contribution < 1.29 is 5.11 Å². The molecule has 98 valence electrons. The first-order valence-corrected chi connectivity index (χ1v) is 6.63. The second kappa shape index (κ2) is 8.25.